The molecule has 0 spiro atoms. The third-order valence-electron chi connectivity index (χ3n) is 6.08. The molecule has 5 rings (SSSR count). The van der Waals surface area contributed by atoms with E-state index in [9.17, 15) is 4.79 Å². The lowest BCUT2D eigenvalue weighted by Crippen LogP contribution is -2.50. The van der Waals surface area contributed by atoms with E-state index in [4.69, 9.17) is 0 Å². The number of carbonyl (C=O) groups excluding carboxylic acids is 1. The van der Waals surface area contributed by atoms with Crippen LogP contribution in [0.1, 0.15) is 44.9 Å². The van der Waals surface area contributed by atoms with E-state index in [0.29, 0.717) is 12.2 Å². The molecule has 1 aromatic carbocycles. The molecule has 1 N–H and O–H groups in total. The Morgan fingerprint density at radius 1 is 1.00 bits per heavy atom. The summed E-state index contributed by atoms with van der Waals surface area (Å²) in [6.07, 6.45) is 8.52. The Labute approximate surface area is 127 Å². The number of anilines is 1. The molecule has 0 aromatic heterocycles. The van der Waals surface area contributed by atoms with Gasteiger partial charge in [-0.1, -0.05) is 18.2 Å². The smallest absolute Gasteiger partial charge is 0.140 e. The zero-order valence-corrected chi connectivity index (χ0v) is 12.7. The van der Waals surface area contributed by atoms with E-state index in [-0.39, 0.29) is 5.41 Å². The standard InChI is InChI=1S/C19H25NO/c21-18(6-7-20-17-4-2-1-3-5-17)19-11-14-8-15(12-19)10-16(9-14)13-19/h1-5,14-16,20H,6-13H2. The van der Waals surface area contributed by atoms with E-state index in [1.807, 2.05) is 18.2 Å². The summed E-state index contributed by atoms with van der Waals surface area (Å²) in [4.78, 5) is 12.8. The highest BCUT2D eigenvalue weighted by Crippen LogP contribution is 2.60. The van der Waals surface area contributed by atoms with Crippen molar-refractivity contribution in [3.63, 3.8) is 0 Å². The first-order valence-corrected chi connectivity index (χ1v) is 8.56. The van der Waals surface area contributed by atoms with Gasteiger partial charge in [0.05, 0.1) is 0 Å². The van der Waals surface area contributed by atoms with Crippen LogP contribution in [-0.4, -0.2) is 12.3 Å². The normalized spacial score (nSPS) is 36.7. The van der Waals surface area contributed by atoms with Crippen LogP contribution in [0.5, 0.6) is 0 Å². The van der Waals surface area contributed by atoms with Crippen LogP contribution in [0.25, 0.3) is 0 Å². The molecular formula is C19H25NO. The van der Waals surface area contributed by atoms with Gasteiger partial charge in [-0.2, -0.15) is 0 Å². The van der Waals surface area contributed by atoms with Crippen molar-refractivity contribution in [2.24, 2.45) is 23.2 Å². The average molecular weight is 283 g/mol. The SMILES string of the molecule is O=C(CCNc1ccccc1)C12CC3CC(CC(C3)C1)C2. The Morgan fingerprint density at radius 2 is 1.57 bits per heavy atom. The first-order valence-electron chi connectivity index (χ1n) is 8.56. The van der Waals surface area contributed by atoms with Crippen molar-refractivity contribution in [3.05, 3.63) is 30.3 Å². The van der Waals surface area contributed by atoms with Gasteiger partial charge in [-0.05, 0) is 68.4 Å². The number of Topliss-reactive ketones (excluding diaryl/α,β-unsaturated/α-hetero) is 1. The largest absolute Gasteiger partial charge is 0.385 e. The number of ketones is 1. The molecule has 2 nitrogen and oxygen atoms in total. The highest BCUT2D eigenvalue weighted by Gasteiger charge is 2.53. The van der Waals surface area contributed by atoms with Crippen LogP contribution in [0, 0.1) is 23.2 Å². The van der Waals surface area contributed by atoms with Crippen molar-refractivity contribution >= 4 is 11.5 Å². The van der Waals surface area contributed by atoms with E-state index in [2.05, 4.69) is 17.4 Å². The van der Waals surface area contributed by atoms with Gasteiger partial charge < -0.3 is 5.32 Å². The third kappa shape index (κ3) is 2.49. The van der Waals surface area contributed by atoms with Crippen LogP contribution in [-0.2, 0) is 4.79 Å². The molecule has 112 valence electrons. The van der Waals surface area contributed by atoms with Gasteiger partial charge in [0, 0.05) is 24.1 Å². The summed E-state index contributed by atoms with van der Waals surface area (Å²) in [6, 6.07) is 10.2. The molecule has 1 aromatic rings. The second kappa shape index (κ2) is 5.15. The second-order valence-corrected chi connectivity index (χ2v) is 7.66. The maximum absolute atomic E-state index is 12.8. The summed E-state index contributed by atoms with van der Waals surface area (Å²) in [6.45, 7) is 0.782. The molecule has 0 saturated heterocycles. The van der Waals surface area contributed by atoms with Crippen LogP contribution >= 0.6 is 0 Å². The molecule has 0 unspecified atom stereocenters. The molecule has 4 bridgehead atoms. The topological polar surface area (TPSA) is 29.1 Å². The predicted molar refractivity (Wildman–Crippen MR) is 85.2 cm³/mol. The monoisotopic (exact) mass is 283 g/mol. The van der Waals surface area contributed by atoms with Gasteiger partial charge >= 0.3 is 0 Å². The number of hydrogen-bond donors (Lipinski definition) is 1. The van der Waals surface area contributed by atoms with E-state index in [1.54, 1.807) is 0 Å². The third-order valence-corrected chi connectivity index (χ3v) is 6.08. The van der Waals surface area contributed by atoms with Crippen molar-refractivity contribution in [2.75, 3.05) is 11.9 Å². The predicted octanol–water partition coefficient (Wildman–Crippen LogP) is 4.27. The van der Waals surface area contributed by atoms with Gasteiger partial charge in [0.2, 0.25) is 0 Å². The summed E-state index contributed by atoms with van der Waals surface area (Å²) in [5, 5.41) is 3.39. The molecule has 0 amide bonds. The van der Waals surface area contributed by atoms with Crippen molar-refractivity contribution < 1.29 is 4.79 Å². The molecule has 2 heteroatoms. The summed E-state index contributed by atoms with van der Waals surface area (Å²) in [5.74, 6) is 3.14. The number of nitrogens with one attached hydrogen (secondary N) is 1. The number of carbonyl (C=O) groups is 1. The molecule has 0 radical (unpaired) electrons. The lowest BCUT2D eigenvalue weighted by molar-refractivity contribution is -0.143. The van der Waals surface area contributed by atoms with Crippen LogP contribution in [0.4, 0.5) is 5.69 Å². The Hall–Kier alpha value is -1.31. The second-order valence-electron chi connectivity index (χ2n) is 7.66. The number of para-hydroxylation sites is 1. The summed E-state index contributed by atoms with van der Waals surface area (Å²) < 4.78 is 0. The fourth-order valence-corrected chi connectivity index (χ4v) is 5.59. The quantitative estimate of drug-likeness (QED) is 0.874. The molecular weight excluding hydrogens is 258 g/mol. The molecule has 21 heavy (non-hydrogen) atoms. The van der Waals surface area contributed by atoms with Crippen LogP contribution in [0.2, 0.25) is 0 Å². The number of benzene rings is 1. The molecule has 4 aliphatic carbocycles. The summed E-state index contributed by atoms with van der Waals surface area (Å²) in [7, 11) is 0. The Morgan fingerprint density at radius 3 is 2.14 bits per heavy atom. The Kier molecular flexibility index (Phi) is 3.28. The molecule has 4 saturated carbocycles. The van der Waals surface area contributed by atoms with Gasteiger partial charge in [-0.3, -0.25) is 4.79 Å². The van der Waals surface area contributed by atoms with Gasteiger partial charge in [0.15, 0.2) is 0 Å². The maximum atomic E-state index is 12.8. The van der Waals surface area contributed by atoms with Gasteiger partial charge in [-0.15, -0.1) is 0 Å². The van der Waals surface area contributed by atoms with Crippen LogP contribution in [0.3, 0.4) is 0 Å². The average Bonchev–Trinajstić information content (AvgIpc) is 2.47. The lowest BCUT2D eigenvalue weighted by Gasteiger charge is -2.56. The summed E-state index contributed by atoms with van der Waals surface area (Å²) in [5.41, 5.74) is 1.20. The van der Waals surface area contributed by atoms with Crippen molar-refractivity contribution in [2.45, 2.75) is 44.9 Å². The Bertz CT molecular complexity index is 486. The number of hydrogen-bond acceptors (Lipinski definition) is 2. The van der Waals surface area contributed by atoms with E-state index >= 15 is 0 Å². The van der Waals surface area contributed by atoms with E-state index < -0.39 is 0 Å². The fourth-order valence-electron chi connectivity index (χ4n) is 5.59. The maximum Gasteiger partial charge on any atom is 0.140 e. The zero-order valence-electron chi connectivity index (χ0n) is 12.7. The molecule has 4 fully saturated rings. The highest BCUT2D eigenvalue weighted by molar-refractivity contribution is 5.85. The molecule has 0 heterocycles. The van der Waals surface area contributed by atoms with Crippen LogP contribution < -0.4 is 5.32 Å². The fraction of sp³-hybridized carbons (Fsp3) is 0.632. The highest BCUT2D eigenvalue weighted by atomic mass is 16.1. The minimum atomic E-state index is 0.0765. The number of rotatable bonds is 5. The van der Waals surface area contributed by atoms with Crippen molar-refractivity contribution in [1.29, 1.82) is 0 Å². The van der Waals surface area contributed by atoms with Gasteiger partial charge in [0.25, 0.3) is 0 Å². The zero-order chi connectivity index (χ0) is 14.3. The first kappa shape index (κ1) is 13.4. The molecule has 4 aliphatic rings. The first-order chi connectivity index (χ1) is 10.2. The molecule has 0 atom stereocenters. The van der Waals surface area contributed by atoms with Crippen molar-refractivity contribution in [3.8, 4) is 0 Å². The van der Waals surface area contributed by atoms with Crippen LogP contribution in [0.15, 0.2) is 30.3 Å². The lowest BCUT2D eigenvalue weighted by atomic mass is 9.48. The Balaban J connectivity index is 1.37. The summed E-state index contributed by atoms with van der Waals surface area (Å²) >= 11 is 0. The van der Waals surface area contributed by atoms with Gasteiger partial charge in [0.1, 0.15) is 5.78 Å². The van der Waals surface area contributed by atoms with E-state index in [1.165, 1.54) is 38.5 Å². The minimum Gasteiger partial charge on any atom is -0.385 e. The van der Waals surface area contributed by atoms with Crippen molar-refractivity contribution in [1.82, 2.24) is 0 Å². The van der Waals surface area contributed by atoms with E-state index in [0.717, 1.165) is 30.0 Å². The van der Waals surface area contributed by atoms with Gasteiger partial charge in [-0.25, -0.2) is 0 Å². The minimum absolute atomic E-state index is 0.0765. The molecule has 0 aliphatic heterocycles.